The predicted molar refractivity (Wildman–Crippen MR) is 80.0 cm³/mol. The number of likely N-dealkylation sites (tertiary alicyclic amines) is 1. The fourth-order valence-electron chi connectivity index (χ4n) is 3.76. The Labute approximate surface area is 133 Å². The van der Waals surface area contributed by atoms with Crippen LogP contribution in [-0.4, -0.2) is 34.6 Å². The van der Waals surface area contributed by atoms with Crippen LogP contribution >= 0.6 is 0 Å². The summed E-state index contributed by atoms with van der Waals surface area (Å²) in [5, 5.41) is 3.93. The molecule has 1 aromatic rings. The molecule has 1 aromatic carbocycles. The first-order valence-electron chi connectivity index (χ1n) is 8.03. The van der Waals surface area contributed by atoms with Gasteiger partial charge in [-0.3, -0.25) is 14.5 Å². The molecule has 1 aliphatic carbocycles. The van der Waals surface area contributed by atoms with Crippen molar-refractivity contribution in [1.29, 1.82) is 0 Å². The monoisotopic (exact) mass is 316 g/mol. The van der Waals surface area contributed by atoms with Gasteiger partial charge in [0.1, 0.15) is 17.4 Å². The zero-order valence-corrected chi connectivity index (χ0v) is 12.6. The molecule has 2 amide bonds. The van der Waals surface area contributed by atoms with Crippen molar-refractivity contribution >= 4 is 17.5 Å². The summed E-state index contributed by atoms with van der Waals surface area (Å²) in [6, 6.07) is 5.71. The molecule has 0 spiro atoms. The lowest BCUT2D eigenvalue weighted by Crippen LogP contribution is -2.43. The normalized spacial score (nSPS) is 27.9. The van der Waals surface area contributed by atoms with Crippen LogP contribution < -0.4 is 0 Å². The first kappa shape index (κ1) is 14.4. The van der Waals surface area contributed by atoms with Crippen molar-refractivity contribution in [3.05, 3.63) is 35.6 Å². The molecule has 4 rings (SSSR count). The maximum Gasteiger partial charge on any atom is 0.274 e. The number of oxime groups is 1. The molecule has 5 nitrogen and oxygen atoms in total. The van der Waals surface area contributed by atoms with Gasteiger partial charge >= 0.3 is 0 Å². The second-order valence-corrected chi connectivity index (χ2v) is 6.33. The summed E-state index contributed by atoms with van der Waals surface area (Å²) in [6.45, 7) is 0. The Morgan fingerprint density at radius 2 is 1.74 bits per heavy atom. The number of carbonyl (C=O) groups is 2. The molecule has 6 heteroatoms. The van der Waals surface area contributed by atoms with Crippen molar-refractivity contribution in [3.8, 4) is 0 Å². The number of imide groups is 1. The number of hydrogen-bond donors (Lipinski definition) is 0. The number of hydrogen-bond acceptors (Lipinski definition) is 4. The molecule has 23 heavy (non-hydrogen) atoms. The van der Waals surface area contributed by atoms with Gasteiger partial charge in [0.2, 0.25) is 12.0 Å². The van der Waals surface area contributed by atoms with Crippen molar-refractivity contribution in [2.24, 2.45) is 11.1 Å². The molecule has 0 bridgehead atoms. The zero-order valence-electron chi connectivity index (χ0n) is 12.6. The predicted octanol–water partition coefficient (Wildman–Crippen LogP) is 2.25. The standard InChI is InChI=1S/C17H17FN2O3/c18-11-8-6-10(7-9-11)14-13-15(23-19-14)17(22)20(16(13)21)12-4-2-1-3-5-12/h6-9,12-13,15H,1-5H2/t13-,15-/m1/s1. The van der Waals surface area contributed by atoms with E-state index >= 15 is 0 Å². The second-order valence-electron chi connectivity index (χ2n) is 6.33. The summed E-state index contributed by atoms with van der Waals surface area (Å²) in [7, 11) is 0. The molecule has 0 radical (unpaired) electrons. The van der Waals surface area contributed by atoms with E-state index in [9.17, 15) is 14.0 Å². The van der Waals surface area contributed by atoms with Crippen LogP contribution in [-0.2, 0) is 14.4 Å². The topological polar surface area (TPSA) is 59.0 Å². The van der Waals surface area contributed by atoms with E-state index in [1.807, 2.05) is 0 Å². The minimum atomic E-state index is -0.857. The number of rotatable bonds is 2. The van der Waals surface area contributed by atoms with Gasteiger partial charge in [0, 0.05) is 11.6 Å². The van der Waals surface area contributed by atoms with E-state index in [2.05, 4.69) is 5.16 Å². The molecule has 1 saturated heterocycles. The van der Waals surface area contributed by atoms with Crippen molar-refractivity contribution in [2.45, 2.75) is 44.2 Å². The van der Waals surface area contributed by atoms with E-state index < -0.39 is 12.0 Å². The van der Waals surface area contributed by atoms with E-state index in [-0.39, 0.29) is 23.7 Å². The van der Waals surface area contributed by atoms with E-state index in [1.54, 1.807) is 12.1 Å². The summed E-state index contributed by atoms with van der Waals surface area (Å²) in [5.74, 6) is -1.57. The minimum Gasteiger partial charge on any atom is -0.381 e. The number of carbonyl (C=O) groups excluding carboxylic acids is 2. The van der Waals surface area contributed by atoms with Gasteiger partial charge < -0.3 is 4.84 Å². The highest BCUT2D eigenvalue weighted by Crippen LogP contribution is 2.36. The molecular weight excluding hydrogens is 299 g/mol. The largest absolute Gasteiger partial charge is 0.381 e. The highest BCUT2D eigenvalue weighted by Gasteiger charge is 2.57. The van der Waals surface area contributed by atoms with Gasteiger partial charge in [-0.1, -0.05) is 36.6 Å². The number of halogens is 1. The van der Waals surface area contributed by atoms with Crippen molar-refractivity contribution < 1.29 is 18.8 Å². The van der Waals surface area contributed by atoms with Crippen LogP contribution in [0, 0.1) is 11.7 Å². The molecule has 120 valence electrons. The minimum absolute atomic E-state index is 0.0209. The third-order valence-electron chi connectivity index (χ3n) is 4.93. The Kier molecular flexibility index (Phi) is 3.39. The second kappa shape index (κ2) is 5.44. The molecule has 2 fully saturated rings. The summed E-state index contributed by atoms with van der Waals surface area (Å²) in [4.78, 5) is 32.0. The van der Waals surface area contributed by atoms with Crippen LogP contribution in [0.2, 0.25) is 0 Å². The fourth-order valence-corrected chi connectivity index (χ4v) is 3.76. The van der Waals surface area contributed by atoms with E-state index in [1.165, 1.54) is 17.0 Å². The van der Waals surface area contributed by atoms with Gasteiger partial charge in [0.05, 0.1) is 0 Å². The van der Waals surface area contributed by atoms with Crippen LogP contribution in [0.4, 0.5) is 4.39 Å². The average molecular weight is 316 g/mol. The molecular formula is C17H17FN2O3. The van der Waals surface area contributed by atoms with E-state index in [4.69, 9.17) is 4.84 Å². The first-order chi connectivity index (χ1) is 11.2. The molecule has 2 aliphatic heterocycles. The average Bonchev–Trinajstić information content (AvgIpc) is 3.10. The van der Waals surface area contributed by atoms with Crippen molar-refractivity contribution in [1.82, 2.24) is 4.90 Å². The maximum atomic E-state index is 13.1. The summed E-state index contributed by atoms with van der Waals surface area (Å²) < 4.78 is 13.1. The Morgan fingerprint density at radius 1 is 1.04 bits per heavy atom. The smallest absolute Gasteiger partial charge is 0.274 e. The van der Waals surface area contributed by atoms with Crippen LogP contribution in [0.15, 0.2) is 29.4 Å². The summed E-state index contributed by atoms with van der Waals surface area (Å²) in [5.41, 5.74) is 1.04. The SMILES string of the molecule is O=C1[C@@H]2C(c3ccc(F)cc3)=NO[C@H]2C(=O)N1C1CCCCC1. The highest BCUT2D eigenvalue weighted by atomic mass is 19.1. The van der Waals surface area contributed by atoms with Gasteiger partial charge in [0.25, 0.3) is 5.91 Å². The number of fused-ring (bicyclic) bond motifs is 1. The lowest BCUT2D eigenvalue weighted by molar-refractivity contribution is -0.145. The van der Waals surface area contributed by atoms with Crippen LogP contribution in [0.25, 0.3) is 0 Å². The zero-order chi connectivity index (χ0) is 16.0. The molecule has 2 heterocycles. The van der Waals surface area contributed by atoms with Gasteiger partial charge in [0.15, 0.2) is 0 Å². The van der Waals surface area contributed by atoms with Gasteiger partial charge in [-0.05, 0) is 25.0 Å². The Morgan fingerprint density at radius 3 is 2.43 bits per heavy atom. The quantitative estimate of drug-likeness (QED) is 0.786. The van der Waals surface area contributed by atoms with E-state index in [0.717, 1.165) is 32.1 Å². The lowest BCUT2D eigenvalue weighted by atomic mass is 9.93. The molecule has 0 N–H and O–H groups in total. The van der Waals surface area contributed by atoms with Crippen molar-refractivity contribution in [3.63, 3.8) is 0 Å². The first-order valence-corrected chi connectivity index (χ1v) is 8.03. The number of nitrogens with zero attached hydrogens (tertiary/aromatic N) is 2. The van der Waals surface area contributed by atoms with Gasteiger partial charge in [-0.2, -0.15) is 0 Å². The number of amides is 2. The number of benzene rings is 1. The molecule has 3 aliphatic rings. The summed E-state index contributed by atoms with van der Waals surface area (Å²) >= 11 is 0. The third kappa shape index (κ3) is 2.24. The molecule has 0 aromatic heterocycles. The van der Waals surface area contributed by atoms with Crippen LogP contribution in [0.5, 0.6) is 0 Å². The third-order valence-corrected chi connectivity index (χ3v) is 4.93. The lowest BCUT2D eigenvalue weighted by Gasteiger charge is -2.29. The fraction of sp³-hybridized carbons (Fsp3) is 0.471. The van der Waals surface area contributed by atoms with E-state index in [0.29, 0.717) is 11.3 Å². The Hall–Kier alpha value is -2.24. The Bertz CT molecular complexity index is 680. The molecule has 0 unspecified atom stereocenters. The highest BCUT2D eigenvalue weighted by molar-refractivity contribution is 6.23. The van der Waals surface area contributed by atoms with Gasteiger partial charge in [-0.25, -0.2) is 4.39 Å². The molecule has 1 saturated carbocycles. The summed E-state index contributed by atoms with van der Waals surface area (Å²) in [6.07, 6.45) is 4.09. The maximum absolute atomic E-state index is 13.1. The van der Waals surface area contributed by atoms with Gasteiger partial charge in [-0.15, -0.1) is 0 Å². The van der Waals surface area contributed by atoms with Crippen molar-refractivity contribution in [2.75, 3.05) is 0 Å². The Balaban J connectivity index is 1.62. The van der Waals surface area contributed by atoms with Crippen LogP contribution in [0.1, 0.15) is 37.7 Å². The molecule has 2 atom stereocenters. The van der Waals surface area contributed by atoms with Crippen LogP contribution in [0.3, 0.4) is 0 Å².